The molecule has 8 nitrogen and oxygen atoms in total. The fourth-order valence-electron chi connectivity index (χ4n) is 2.70. The number of aliphatic hydroxyl groups excluding tert-OH is 1. The molecule has 0 aliphatic carbocycles. The summed E-state index contributed by atoms with van der Waals surface area (Å²) in [5, 5.41) is 15.6. The number of aliphatic hydroxyl groups is 1. The Labute approximate surface area is 183 Å². The van der Waals surface area contributed by atoms with Gasteiger partial charge in [-0.2, -0.15) is 0 Å². The van der Waals surface area contributed by atoms with Crippen LogP contribution in [0.2, 0.25) is 0 Å². The Morgan fingerprint density at radius 2 is 1.68 bits per heavy atom. The van der Waals surface area contributed by atoms with Gasteiger partial charge in [0, 0.05) is 24.0 Å². The molecule has 2 aromatic rings. The smallest absolute Gasteiger partial charge is 0.321 e. The maximum atomic E-state index is 12.4. The molecule has 0 radical (unpaired) electrons. The molecule has 0 aliphatic rings. The van der Waals surface area contributed by atoms with Crippen molar-refractivity contribution in [3.63, 3.8) is 0 Å². The van der Waals surface area contributed by atoms with Crippen molar-refractivity contribution in [3.05, 3.63) is 60.2 Å². The predicted molar refractivity (Wildman–Crippen MR) is 120 cm³/mol. The maximum Gasteiger partial charge on any atom is 0.321 e. The van der Waals surface area contributed by atoms with Gasteiger partial charge in [-0.3, -0.25) is 4.79 Å². The number of carbonyl (C=O) groups excluding carboxylic acids is 2. The second-order valence-electron chi connectivity index (χ2n) is 7.36. The first kappa shape index (κ1) is 24.3. The molecule has 8 heteroatoms. The third-order valence-electron chi connectivity index (χ3n) is 4.23. The first-order chi connectivity index (χ1) is 14.8. The van der Waals surface area contributed by atoms with Crippen LogP contribution in [0.4, 0.5) is 16.2 Å². The summed E-state index contributed by atoms with van der Waals surface area (Å²) in [5.74, 6) is -0.233. The number of anilines is 2. The van der Waals surface area contributed by atoms with Gasteiger partial charge in [-0.05, 0) is 44.2 Å². The monoisotopic (exact) mass is 429 g/mol. The van der Waals surface area contributed by atoms with E-state index in [4.69, 9.17) is 9.47 Å². The lowest BCUT2D eigenvalue weighted by molar-refractivity contribution is -0.0144. The molecule has 168 valence electrons. The highest BCUT2D eigenvalue weighted by atomic mass is 16.5. The lowest BCUT2D eigenvalue weighted by Gasteiger charge is -2.21. The Hall–Kier alpha value is -2.94. The maximum absolute atomic E-state index is 12.4. The molecule has 31 heavy (non-hydrogen) atoms. The number of rotatable bonds is 11. The van der Waals surface area contributed by atoms with Crippen molar-refractivity contribution < 1.29 is 24.2 Å². The van der Waals surface area contributed by atoms with E-state index in [0.29, 0.717) is 30.2 Å². The highest BCUT2D eigenvalue weighted by Gasteiger charge is 2.14. The topological polar surface area (TPSA) is 100 Å². The van der Waals surface area contributed by atoms with Crippen molar-refractivity contribution in [2.75, 3.05) is 44.0 Å². The van der Waals surface area contributed by atoms with Crippen molar-refractivity contribution in [1.29, 1.82) is 0 Å². The van der Waals surface area contributed by atoms with Gasteiger partial charge in [-0.1, -0.05) is 24.3 Å². The molecule has 0 fully saturated rings. The summed E-state index contributed by atoms with van der Waals surface area (Å²) in [6, 6.07) is 15.4. The Morgan fingerprint density at radius 3 is 2.35 bits per heavy atom. The van der Waals surface area contributed by atoms with Crippen LogP contribution in [0, 0.1) is 0 Å². The average molecular weight is 430 g/mol. The third-order valence-corrected chi connectivity index (χ3v) is 4.23. The van der Waals surface area contributed by atoms with Crippen LogP contribution in [-0.4, -0.2) is 67.6 Å². The number of urea groups is 1. The van der Waals surface area contributed by atoms with E-state index in [1.807, 2.05) is 19.9 Å². The number of carbonyl (C=O) groups is 2. The first-order valence-electron chi connectivity index (χ1n) is 10.2. The molecular weight excluding hydrogens is 398 g/mol. The van der Waals surface area contributed by atoms with Gasteiger partial charge in [-0.15, -0.1) is 0 Å². The van der Waals surface area contributed by atoms with Gasteiger partial charge < -0.3 is 30.1 Å². The lowest BCUT2D eigenvalue weighted by Crippen LogP contribution is -2.39. The van der Waals surface area contributed by atoms with Crippen LogP contribution in [0.1, 0.15) is 24.2 Å². The molecule has 0 bridgehead atoms. The minimum Gasteiger partial charge on any atom is -0.389 e. The van der Waals surface area contributed by atoms with Crippen molar-refractivity contribution >= 4 is 23.3 Å². The Morgan fingerprint density at radius 1 is 1.00 bits per heavy atom. The van der Waals surface area contributed by atoms with E-state index < -0.39 is 6.10 Å². The van der Waals surface area contributed by atoms with Crippen LogP contribution >= 0.6 is 0 Å². The largest absolute Gasteiger partial charge is 0.389 e. The van der Waals surface area contributed by atoms with E-state index >= 15 is 0 Å². The minimum absolute atomic E-state index is 0.111. The molecule has 0 spiro atoms. The van der Waals surface area contributed by atoms with Crippen molar-refractivity contribution in [3.8, 4) is 0 Å². The van der Waals surface area contributed by atoms with E-state index in [1.54, 1.807) is 55.6 Å². The summed E-state index contributed by atoms with van der Waals surface area (Å²) < 4.78 is 10.7. The highest BCUT2D eigenvalue weighted by molar-refractivity contribution is 6.04. The number of nitrogens with zero attached hydrogens (tertiary/aromatic N) is 1. The van der Waals surface area contributed by atoms with Crippen LogP contribution in [-0.2, 0) is 9.47 Å². The Balaban J connectivity index is 1.79. The molecule has 2 rings (SSSR count). The Kier molecular flexibility index (Phi) is 9.96. The fraction of sp³-hybridized carbons (Fsp3) is 0.391. The molecule has 0 heterocycles. The molecule has 0 saturated heterocycles. The van der Waals surface area contributed by atoms with Gasteiger partial charge in [0.05, 0.1) is 38.6 Å². The second kappa shape index (κ2) is 12.7. The number of benzene rings is 2. The number of hydrogen-bond donors (Lipinski definition) is 3. The van der Waals surface area contributed by atoms with E-state index in [0.717, 1.165) is 0 Å². The van der Waals surface area contributed by atoms with Gasteiger partial charge in [0.25, 0.3) is 5.91 Å². The van der Waals surface area contributed by atoms with Crippen LogP contribution in [0.25, 0.3) is 0 Å². The van der Waals surface area contributed by atoms with E-state index in [9.17, 15) is 14.7 Å². The quantitative estimate of drug-likeness (QED) is 0.476. The molecule has 0 saturated carbocycles. The summed E-state index contributed by atoms with van der Waals surface area (Å²) in [6.07, 6.45) is -0.681. The number of ether oxygens (including phenoxy) is 2. The molecular formula is C23H31N3O5. The molecule has 3 amide bonds. The zero-order valence-electron chi connectivity index (χ0n) is 18.2. The number of amides is 3. The van der Waals surface area contributed by atoms with Crippen molar-refractivity contribution in [1.82, 2.24) is 4.90 Å². The fourth-order valence-corrected chi connectivity index (χ4v) is 2.70. The van der Waals surface area contributed by atoms with Crippen LogP contribution in [0.5, 0.6) is 0 Å². The zero-order chi connectivity index (χ0) is 22.6. The number of hydrogen-bond acceptors (Lipinski definition) is 5. The Bertz CT molecular complexity index is 829. The number of likely N-dealkylation sites (N-methyl/N-ethyl adjacent to an activating group) is 1. The van der Waals surface area contributed by atoms with Gasteiger partial charge in [0.1, 0.15) is 0 Å². The summed E-state index contributed by atoms with van der Waals surface area (Å²) in [4.78, 5) is 26.1. The SMILES string of the molecule is CC(C)OCCOCC(O)CN(C)C(=O)Nc1cccc(NC(=O)c2ccccc2)c1. The molecule has 0 aromatic heterocycles. The van der Waals surface area contributed by atoms with Gasteiger partial charge >= 0.3 is 6.03 Å². The van der Waals surface area contributed by atoms with Crippen LogP contribution < -0.4 is 10.6 Å². The molecule has 0 aliphatic heterocycles. The molecule has 1 atom stereocenters. The van der Waals surface area contributed by atoms with E-state index in [2.05, 4.69) is 10.6 Å². The van der Waals surface area contributed by atoms with Gasteiger partial charge in [-0.25, -0.2) is 4.79 Å². The van der Waals surface area contributed by atoms with Crippen molar-refractivity contribution in [2.45, 2.75) is 26.1 Å². The predicted octanol–water partition coefficient (Wildman–Crippen LogP) is 3.21. The van der Waals surface area contributed by atoms with Crippen molar-refractivity contribution in [2.24, 2.45) is 0 Å². The van der Waals surface area contributed by atoms with Crippen LogP contribution in [0.15, 0.2) is 54.6 Å². The van der Waals surface area contributed by atoms with Crippen LogP contribution in [0.3, 0.4) is 0 Å². The summed E-state index contributed by atoms with van der Waals surface area (Å²) in [7, 11) is 1.58. The van der Waals surface area contributed by atoms with E-state index in [-0.39, 0.29) is 31.2 Å². The molecule has 3 N–H and O–H groups in total. The molecule has 2 aromatic carbocycles. The third kappa shape index (κ3) is 9.17. The lowest BCUT2D eigenvalue weighted by atomic mass is 10.2. The summed E-state index contributed by atoms with van der Waals surface area (Å²) >= 11 is 0. The zero-order valence-corrected chi connectivity index (χ0v) is 18.2. The minimum atomic E-state index is -0.814. The van der Waals surface area contributed by atoms with Gasteiger partial charge in [0.15, 0.2) is 0 Å². The second-order valence-corrected chi connectivity index (χ2v) is 7.36. The number of nitrogens with one attached hydrogen (secondary N) is 2. The standard InChI is InChI=1S/C23H31N3O5/c1-17(2)31-13-12-30-16-21(27)15-26(3)23(29)25-20-11-7-10-19(14-20)24-22(28)18-8-5-4-6-9-18/h4-11,14,17,21,27H,12-13,15-16H2,1-3H3,(H,24,28)(H,25,29). The molecule has 1 unspecified atom stereocenters. The van der Waals surface area contributed by atoms with Gasteiger partial charge in [0.2, 0.25) is 0 Å². The summed E-state index contributed by atoms with van der Waals surface area (Å²) in [6.45, 7) is 4.94. The van der Waals surface area contributed by atoms with E-state index in [1.165, 1.54) is 4.90 Å². The normalized spacial score (nSPS) is 11.8. The highest BCUT2D eigenvalue weighted by Crippen LogP contribution is 2.16. The first-order valence-corrected chi connectivity index (χ1v) is 10.2. The average Bonchev–Trinajstić information content (AvgIpc) is 2.74. The summed E-state index contributed by atoms with van der Waals surface area (Å²) in [5.41, 5.74) is 1.63.